The maximum atomic E-state index is 13.5. The van der Waals surface area contributed by atoms with Crippen LogP contribution in [-0.2, 0) is 11.3 Å². The predicted octanol–water partition coefficient (Wildman–Crippen LogP) is 3.85. The predicted molar refractivity (Wildman–Crippen MR) is 120 cm³/mol. The lowest BCUT2D eigenvalue weighted by atomic mass is 10.2. The first kappa shape index (κ1) is 22.1. The maximum absolute atomic E-state index is 13.5. The number of para-hydroxylation sites is 1. The number of nitrogens with one attached hydrogen (secondary N) is 1. The summed E-state index contributed by atoms with van der Waals surface area (Å²) in [4.78, 5) is 12.3. The first-order valence-electron chi connectivity index (χ1n) is 9.37. The molecule has 0 bridgehead atoms. The summed E-state index contributed by atoms with van der Waals surface area (Å²) in [5.74, 6) is 0.984. The van der Waals surface area contributed by atoms with Crippen LogP contribution < -0.4 is 15.8 Å². The Balaban J connectivity index is 1.81. The van der Waals surface area contributed by atoms with Gasteiger partial charge < -0.3 is 15.8 Å². The zero-order valence-electron chi connectivity index (χ0n) is 16.9. The van der Waals surface area contributed by atoms with E-state index in [4.69, 9.17) is 10.5 Å². The van der Waals surface area contributed by atoms with Crippen LogP contribution in [0.15, 0.2) is 78.4 Å². The van der Waals surface area contributed by atoms with Gasteiger partial charge in [-0.25, -0.2) is 4.39 Å². The van der Waals surface area contributed by atoms with Crippen molar-refractivity contribution >= 4 is 28.9 Å². The third-order valence-electron chi connectivity index (χ3n) is 4.26. The second kappa shape index (κ2) is 11.0. The van der Waals surface area contributed by atoms with Gasteiger partial charge in [0, 0.05) is 11.3 Å². The smallest absolute Gasteiger partial charge is 0.234 e. The summed E-state index contributed by atoms with van der Waals surface area (Å²) >= 11 is 1.22. The number of aromatic nitrogens is 3. The molecule has 0 fully saturated rings. The highest BCUT2D eigenvalue weighted by Crippen LogP contribution is 2.24. The highest BCUT2D eigenvalue weighted by Gasteiger charge is 2.17. The van der Waals surface area contributed by atoms with Gasteiger partial charge in [-0.2, -0.15) is 0 Å². The topological polar surface area (TPSA) is 95.1 Å². The van der Waals surface area contributed by atoms with Crippen LogP contribution in [0.5, 0.6) is 5.75 Å². The lowest BCUT2D eigenvalue weighted by Gasteiger charge is -2.11. The Kier molecular flexibility index (Phi) is 7.83. The van der Waals surface area contributed by atoms with E-state index in [0.29, 0.717) is 29.5 Å². The normalized spacial score (nSPS) is 11.6. The summed E-state index contributed by atoms with van der Waals surface area (Å²) in [6, 6.07) is 16.7. The number of carbonyl (C=O) groups is 1. The first-order valence-corrected chi connectivity index (χ1v) is 10.4. The molecule has 31 heavy (non-hydrogen) atoms. The second-order valence-corrected chi connectivity index (χ2v) is 7.31. The number of carbonyl (C=O) groups excluding carboxylic acids is 1. The Labute approximate surface area is 183 Å². The third kappa shape index (κ3) is 5.95. The average Bonchev–Trinajstić information content (AvgIpc) is 3.19. The molecule has 0 aliphatic heterocycles. The Morgan fingerprint density at radius 2 is 1.94 bits per heavy atom. The van der Waals surface area contributed by atoms with Crippen molar-refractivity contribution in [3.63, 3.8) is 0 Å². The van der Waals surface area contributed by atoms with E-state index in [1.807, 2.05) is 54.6 Å². The molecule has 7 nitrogen and oxygen atoms in total. The fourth-order valence-corrected chi connectivity index (χ4v) is 3.51. The Morgan fingerprint density at radius 1 is 1.19 bits per heavy atom. The molecule has 3 N–H and O–H groups in total. The van der Waals surface area contributed by atoms with Gasteiger partial charge in [-0.05, 0) is 42.1 Å². The van der Waals surface area contributed by atoms with Gasteiger partial charge in [-0.15, -0.1) is 10.2 Å². The number of hydrogen-bond donors (Lipinski definition) is 2. The van der Waals surface area contributed by atoms with Crippen LogP contribution in [0.1, 0.15) is 11.4 Å². The lowest BCUT2D eigenvalue weighted by molar-refractivity contribution is -0.113. The number of anilines is 1. The molecule has 1 aromatic heterocycles. The zero-order valence-corrected chi connectivity index (χ0v) is 17.7. The summed E-state index contributed by atoms with van der Waals surface area (Å²) in [6.07, 6.45) is 3.07. The minimum Gasteiger partial charge on any atom is -0.497 e. The number of halogens is 1. The van der Waals surface area contributed by atoms with E-state index < -0.39 is 0 Å². The van der Waals surface area contributed by atoms with E-state index in [1.54, 1.807) is 11.7 Å². The first-order chi connectivity index (χ1) is 15.1. The van der Waals surface area contributed by atoms with Crippen molar-refractivity contribution in [3.8, 4) is 5.75 Å². The molecule has 160 valence electrons. The van der Waals surface area contributed by atoms with E-state index in [0.717, 1.165) is 11.3 Å². The van der Waals surface area contributed by atoms with Gasteiger partial charge >= 0.3 is 0 Å². The summed E-state index contributed by atoms with van der Waals surface area (Å²) in [6.45, 7) is 0.380. The SMILES string of the molecule is COc1ccc(Cn2c(SCC(=O)Nc3ccccc3)nnc2C(/C=C\N)=C/F)cc1. The van der Waals surface area contributed by atoms with Crippen LogP contribution in [-0.4, -0.2) is 33.5 Å². The number of nitrogens with zero attached hydrogens (tertiary/aromatic N) is 3. The molecule has 0 unspecified atom stereocenters. The molecule has 3 rings (SSSR count). The van der Waals surface area contributed by atoms with Gasteiger partial charge in [0.1, 0.15) is 5.75 Å². The highest BCUT2D eigenvalue weighted by atomic mass is 32.2. The van der Waals surface area contributed by atoms with Crippen LogP contribution >= 0.6 is 11.8 Å². The van der Waals surface area contributed by atoms with Gasteiger partial charge in [-0.1, -0.05) is 42.1 Å². The Bertz CT molecular complexity index is 1070. The van der Waals surface area contributed by atoms with E-state index in [9.17, 15) is 9.18 Å². The summed E-state index contributed by atoms with van der Waals surface area (Å²) < 4.78 is 20.4. The van der Waals surface area contributed by atoms with Gasteiger partial charge in [0.25, 0.3) is 0 Å². The number of methoxy groups -OCH3 is 1. The number of allylic oxidation sites excluding steroid dienone is 2. The number of benzene rings is 2. The minimum absolute atomic E-state index is 0.122. The number of rotatable bonds is 9. The Hall–Kier alpha value is -3.59. The molecule has 0 aliphatic carbocycles. The van der Waals surface area contributed by atoms with Crippen molar-refractivity contribution in [3.05, 3.63) is 84.6 Å². The molecule has 3 aromatic rings. The second-order valence-electron chi connectivity index (χ2n) is 6.37. The van der Waals surface area contributed by atoms with Crippen molar-refractivity contribution in [2.75, 3.05) is 18.2 Å². The molecule has 2 aromatic carbocycles. The molecule has 0 spiro atoms. The van der Waals surface area contributed by atoms with Crippen LogP contribution in [0.25, 0.3) is 5.57 Å². The fraction of sp³-hybridized carbons (Fsp3) is 0.136. The maximum Gasteiger partial charge on any atom is 0.234 e. The lowest BCUT2D eigenvalue weighted by Crippen LogP contribution is -2.15. The molecule has 0 saturated carbocycles. The van der Waals surface area contributed by atoms with E-state index >= 15 is 0 Å². The number of ether oxygens (including phenoxy) is 1. The molecule has 0 saturated heterocycles. The molecule has 0 atom stereocenters. The molecule has 9 heteroatoms. The van der Waals surface area contributed by atoms with E-state index in [1.165, 1.54) is 24.0 Å². The van der Waals surface area contributed by atoms with Crippen LogP contribution in [0.4, 0.5) is 10.1 Å². The van der Waals surface area contributed by atoms with Crippen molar-refractivity contribution in [2.24, 2.45) is 5.73 Å². The minimum atomic E-state index is -0.181. The fourth-order valence-electron chi connectivity index (χ4n) is 2.78. The number of nitrogens with two attached hydrogens (primary N) is 1. The van der Waals surface area contributed by atoms with Crippen molar-refractivity contribution in [2.45, 2.75) is 11.7 Å². The van der Waals surface area contributed by atoms with Crippen molar-refractivity contribution < 1.29 is 13.9 Å². The molecular weight excluding hydrogens is 417 g/mol. The van der Waals surface area contributed by atoms with Gasteiger partial charge in [0.05, 0.1) is 25.7 Å². The van der Waals surface area contributed by atoms with Gasteiger partial charge in [0.15, 0.2) is 11.0 Å². The Morgan fingerprint density at radius 3 is 2.58 bits per heavy atom. The summed E-state index contributed by atoms with van der Waals surface area (Å²) in [7, 11) is 1.60. The third-order valence-corrected chi connectivity index (χ3v) is 5.22. The summed E-state index contributed by atoms with van der Waals surface area (Å²) in [5, 5.41) is 11.6. The van der Waals surface area contributed by atoms with Crippen LogP contribution in [0.3, 0.4) is 0 Å². The highest BCUT2D eigenvalue weighted by molar-refractivity contribution is 7.99. The van der Waals surface area contributed by atoms with Gasteiger partial charge in [0.2, 0.25) is 5.91 Å². The van der Waals surface area contributed by atoms with Crippen molar-refractivity contribution in [1.82, 2.24) is 14.8 Å². The molecule has 0 aliphatic rings. The van der Waals surface area contributed by atoms with Crippen LogP contribution in [0, 0.1) is 0 Å². The van der Waals surface area contributed by atoms with E-state index in [-0.39, 0.29) is 17.2 Å². The standard InChI is InChI=1S/C22H22FN5O2S/c1-30-19-9-7-16(8-10-19)14-28-21(17(13-23)11-12-24)26-27-22(28)31-15-20(29)25-18-5-3-2-4-6-18/h2-13H,14-15,24H2,1H3,(H,25,29)/b12-11-,17-13+. The monoisotopic (exact) mass is 439 g/mol. The number of thioether (sulfide) groups is 1. The number of hydrogen-bond acceptors (Lipinski definition) is 6. The molecule has 1 heterocycles. The average molecular weight is 440 g/mol. The quantitative estimate of drug-likeness (QED) is 0.388. The molecular formula is C22H22FN5O2S. The molecule has 0 radical (unpaired) electrons. The largest absolute Gasteiger partial charge is 0.497 e. The zero-order chi connectivity index (χ0) is 22.1. The molecule has 1 amide bonds. The number of amides is 1. The van der Waals surface area contributed by atoms with Gasteiger partial charge in [-0.3, -0.25) is 9.36 Å². The van der Waals surface area contributed by atoms with Crippen molar-refractivity contribution in [1.29, 1.82) is 0 Å². The summed E-state index contributed by atoms with van der Waals surface area (Å²) in [5.41, 5.74) is 7.27. The van der Waals surface area contributed by atoms with Crippen LogP contribution in [0.2, 0.25) is 0 Å². The van der Waals surface area contributed by atoms with E-state index in [2.05, 4.69) is 15.5 Å².